The largest absolute Gasteiger partial charge is 0.493 e. The zero-order chi connectivity index (χ0) is 20.5. The predicted molar refractivity (Wildman–Crippen MR) is 107 cm³/mol. The van der Waals surface area contributed by atoms with Gasteiger partial charge >= 0.3 is 6.01 Å². The minimum atomic E-state index is -0.171. The highest BCUT2D eigenvalue weighted by atomic mass is 16.5. The summed E-state index contributed by atoms with van der Waals surface area (Å²) in [6, 6.07) is 11.0. The molecule has 1 aliphatic rings. The van der Waals surface area contributed by atoms with Crippen molar-refractivity contribution >= 4 is 16.8 Å². The molecule has 1 N–H and O–H groups in total. The maximum atomic E-state index is 12.6. The lowest BCUT2D eigenvalue weighted by Crippen LogP contribution is -2.29. The van der Waals surface area contributed by atoms with Gasteiger partial charge in [0.15, 0.2) is 5.75 Å². The maximum absolute atomic E-state index is 12.6. The lowest BCUT2D eigenvalue weighted by atomic mass is 10.2. The van der Waals surface area contributed by atoms with Gasteiger partial charge in [0.05, 0.1) is 35.5 Å². The monoisotopic (exact) mass is 402 g/mol. The van der Waals surface area contributed by atoms with Gasteiger partial charge in [-0.15, -0.1) is 0 Å². The number of nitrogens with zero attached hydrogens (tertiary/aromatic N) is 6. The van der Waals surface area contributed by atoms with E-state index in [0.29, 0.717) is 35.3 Å². The van der Waals surface area contributed by atoms with Crippen molar-refractivity contribution in [2.75, 3.05) is 13.1 Å². The van der Waals surface area contributed by atoms with E-state index in [1.165, 1.54) is 6.20 Å². The van der Waals surface area contributed by atoms with Crippen LogP contribution in [-0.4, -0.2) is 53.7 Å². The third-order valence-corrected chi connectivity index (χ3v) is 5.09. The molecule has 5 rings (SSSR count). The summed E-state index contributed by atoms with van der Waals surface area (Å²) < 4.78 is 7.47. The first-order chi connectivity index (χ1) is 14.7. The average Bonchev–Trinajstić information content (AvgIpc) is 3.44. The molecule has 0 saturated carbocycles. The molecule has 1 aliphatic heterocycles. The van der Waals surface area contributed by atoms with E-state index in [1.807, 2.05) is 35.2 Å². The number of rotatable bonds is 4. The zero-order valence-corrected chi connectivity index (χ0v) is 15.9. The number of aromatic hydroxyl groups is 1. The van der Waals surface area contributed by atoms with Crippen molar-refractivity contribution in [3.8, 4) is 17.6 Å². The number of carbonyl (C=O) groups is 1. The second kappa shape index (κ2) is 7.43. The van der Waals surface area contributed by atoms with Crippen molar-refractivity contribution in [1.29, 1.82) is 0 Å². The Morgan fingerprint density at radius 3 is 2.87 bits per heavy atom. The molecule has 0 aliphatic carbocycles. The molecule has 0 bridgehead atoms. The predicted octanol–water partition coefficient (Wildman–Crippen LogP) is 2.81. The van der Waals surface area contributed by atoms with Crippen LogP contribution in [0, 0.1) is 0 Å². The molecule has 4 aromatic rings. The summed E-state index contributed by atoms with van der Waals surface area (Å²) in [4.78, 5) is 26.7. The Labute approximate surface area is 171 Å². The average molecular weight is 402 g/mol. The molecule has 9 nitrogen and oxygen atoms in total. The van der Waals surface area contributed by atoms with Crippen molar-refractivity contribution in [2.45, 2.75) is 12.5 Å². The van der Waals surface area contributed by atoms with Gasteiger partial charge in [0.1, 0.15) is 0 Å². The lowest BCUT2D eigenvalue weighted by molar-refractivity contribution is 0.0787. The van der Waals surface area contributed by atoms with E-state index >= 15 is 0 Å². The van der Waals surface area contributed by atoms with E-state index in [0.717, 1.165) is 6.42 Å². The summed E-state index contributed by atoms with van der Waals surface area (Å²) in [5, 5.41) is 14.9. The summed E-state index contributed by atoms with van der Waals surface area (Å²) in [5.74, 6) is 0.302. The number of amides is 1. The topological polar surface area (TPSA) is 106 Å². The highest BCUT2D eigenvalue weighted by Crippen LogP contribution is 2.28. The molecule has 0 spiro atoms. The second-order valence-corrected chi connectivity index (χ2v) is 7.04. The molecule has 1 aromatic carbocycles. The molecule has 1 amide bonds. The van der Waals surface area contributed by atoms with Crippen LogP contribution in [0.15, 0.2) is 61.2 Å². The number of likely N-dealkylation sites (tertiary alicyclic amines) is 1. The molecule has 3 aromatic heterocycles. The van der Waals surface area contributed by atoms with Gasteiger partial charge in [-0.1, -0.05) is 18.2 Å². The Hall–Kier alpha value is -4.01. The van der Waals surface area contributed by atoms with Gasteiger partial charge in [0.2, 0.25) is 5.88 Å². The van der Waals surface area contributed by atoms with Crippen LogP contribution >= 0.6 is 0 Å². The van der Waals surface area contributed by atoms with Crippen molar-refractivity contribution in [3.05, 3.63) is 66.7 Å². The smallest absolute Gasteiger partial charge is 0.326 e. The normalized spacial score (nSPS) is 16.1. The van der Waals surface area contributed by atoms with Gasteiger partial charge in [-0.3, -0.25) is 14.5 Å². The molecule has 0 radical (unpaired) electrons. The van der Waals surface area contributed by atoms with E-state index < -0.39 is 0 Å². The van der Waals surface area contributed by atoms with Crippen molar-refractivity contribution in [3.63, 3.8) is 0 Å². The van der Waals surface area contributed by atoms with E-state index in [1.54, 1.807) is 29.3 Å². The van der Waals surface area contributed by atoms with Crippen LogP contribution in [0.3, 0.4) is 0 Å². The van der Waals surface area contributed by atoms with E-state index in [-0.39, 0.29) is 23.8 Å². The molecular formula is C21H18N6O3. The number of benzene rings is 1. The van der Waals surface area contributed by atoms with Gasteiger partial charge in [-0.2, -0.15) is 15.1 Å². The molecule has 1 saturated heterocycles. The summed E-state index contributed by atoms with van der Waals surface area (Å²) >= 11 is 0. The second-order valence-electron chi connectivity index (χ2n) is 7.04. The fourth-order valence-electron chi connectivity index (χ4n) is 3.57. The van der Waals surface area contributed by atoms with Crippen LogP contribution in [0.2, 0.25) is 0 Å². The highest BCUT2D eigenvalue weighted by Gasteiger charge is 2.28. The van der Waals surface area contributed by atoms with Crippen molar-refractivity contribution in [2.24, 2.45) is 0 Å². The van der Waals surface area contributed by atoms with Crippen molar-refractivity contribution < 1.29 is 14.6 Å². The summed E-state index contributed by atoms with van der Waals surface area (Å²) in [6.45, 7) is 1.25. The third kappa shape index (κ3) is 3.41. The number of carbonyl (C=O) groups excluding carboxylic acids is 1. The maximum Gasteiger partial charge on any atom is 0.326 e. The van der Waals surface area contributed by atoms with E-state index in [2.05, 4.69) is 20.1 Å². The van der Waals surface area contributed by atoms with Crippen LogP contribution in [0.1, 0.15) is 22.8 Å². The van der Waals surface area contributed by atoms with Gasteiger partial charge < -0.3 is 14.7 Å². The molecule has 1 atom stereocenters. The molecule has 0 unspecified atom stereocenters. The Morgan fingerprint density at radius 1 is 1.13 bits per heavy atom. The quantitative estimate of drug-likeness (QED) is 0.559. The number of aromatic nitrogens is 5. The number of pyridine rings is 1. The van der Waals surface area contributed by atoms with Crippen LogP contribution in [0.5, 0.6) is 17.6 Å². The molecule has 1 fully saturated rings. The lowest BCUT2D eigenvalue weighted by Gasteiger charge is -2.16. The summed E-state index contributed by atoms with van der Waals surface area (Å²) in [5.41, 5.74) is 1.17. The number of hydrogen-bond acceptors (Lipinski definition) is 7. The minimum absolute atomic E-state index is 0.0138. The first kappa shape index (κ1) is 18.0. The Balaban J connectivity index is 1.29. The number of ether oxygens (including phenoxy) is 1. The Morgan fingerprint density at radius 2 is 2.00 bits per heavy atom. The fourth-order valence-corrected chi connectivity index (χ4v) is 3.57. The number of hydrogen-bond donors (Lipinski definition) is 1. The van der Waals surface area contributed by atoms with Crippen LogP contribution in [0.4, 0.5) is 0 Å². The molecule has 4 heterocycles. The highest BCUT2D eigenvalue weighted by molar-refractivity contribution is 5.94. The Kier molecular flexibility index (Phi) is 4.47. The SMILES string of the molecule is O=C(c1ccccc1)N1CC[C@@H](n2cc(Oc3nc(O)c4ccncc4n3)cn2)C1. The number of fused-ring (bicyclic) bond motifs is 1. The van der Waals surface area contributed by atoms with Crippen LogP contribution < -0.4 is 4.74 Å². The van der Waals surface area contributed by atoms with Gasteiger partial charge in [0, 0.05) is 24.8 Å². The van der Waals surface area contributed by atoms with E-state index in [4.69, 9.17) is 4.74 Å². The standard InChI is InChI=1S/C21H18N6O3/c28-19-17-6-8-22-11-18(17)24-21(25-19)30-16-10-23-27(13-16)15-7-9-26(12-15)20(29)14-4-2-1-3-5-14/h1-6,8,10-11,13,15H,7,9,12H2,(H,24,25,28)/t15-/m1/s1. The van der Waals surface area contributed by atoms with Crippen LogP contribution in [0.25, 0.3) is 10.9 Å². The fraction of sp³-hybridized carbons (Fsp3) is 0.190. The minimum Gasteiger partial charge on any atom is -0.493 e. The zero-order valence-electron chi connectivity index (χ0n) is 15.9. The third-order valence-electron chi connectivity index (χ3n) is 5.09. The first-order valence-electron chi connectivity index (χ1n) is 9.54. The Bertz CT molecular complexity index is 1210. The van der Waals surface area contributed by atoms with Gasteiger partial charge in [0.25, 0.3) is 5.91 Å². The van der Waals surface area contributed by atoms with E-state index in [9.17, 15) is 9.90 Å². The van der Waals surface area contributed by atoms with Gasteiger partial charge in [-0.05, 0) is 24.6 Å². The molecule has 30 heavy (non-hydrogen) atoms. The molecule has 9 heteroatoms. The summed E-state index contributed by atoms with van der Waals surface area (Å²) in [7, 11) is 0. The summed E-state index contributed by atoms with van der Waals surface area (Å²) in [6.07, 6.45) is 7.20. The van der Waals surface area contributed by atoms with Crippen LogP contribution in [-0.2, 0) is 0 Å². The molecular weight excluding hydrogens is 384 g/mol. The van der Waals surface area contributed by atoms with Crippen molar-refractivity contribution in [1.82, 2.24) is 29.6 Å². The van der Waals surface area contributed by atoms with Gasteiger partial charge in [-0.25, -0.2) is 0 Å². The first-order valence-corrected chi connectivity index (χ1v) is 9.54. The molecule has 150 valence electrons.